The highest BCUT2D eigenvalue weighted by Gasteiger charge is 2.22. The molecule has 0 heterocycles. The number of carbonyl (C=O) groups is 2. The van der Waals surface area contributed by atoms with Crippen LogP contribution in [0, 0.1) is 0 Å². The van der Waals surface area contributed by atoms with Crippen LogP contribution in [0.2, 0.25) is 0 Å². The van der Waals surface area contributed by atoms with E-state index in [4.69, 9.17) is 0 Å². The Labute approximate surface area is 191 Å². The number of carbonyl (C=O) groups excluding carboxylic acids is 2. The molecule has 0 saturated heterocycles. The molecule has 0 aromatic carbocycles. The molecule has 0 saturated carbocycles. The number of unbranched alkanes of at least 4 members (excludes halogenated alkanes) is 8. The lowest BCUT2D eigenvalue weighted by Crippen LogP contribution is -2.52. The van der Waals surface area contributed by atoms with Gasteiger partial charge in [0.15, 0.2) is 0 Å². The topological polar surface area (TPSA) is 81.7 Å². The van der Waals surface area contributed by atoms with Crippen molar-refractivity contribution in [3.05, 3.63) is 0 Å². The maximum Gasteiger partial charge on any atom is 0.220 e. The van der Waals surface area contributed by atoms with E-state index >= 15 is 0 Å². The molecular formula is C25H51N3O3. The third-order valence-electron chi connectivity index (χ3n) is 5.81. The van der Waals surface area contributed by atoms with Gasteiger partial charge in [0.05, 0.1) is 6.10 Å². The molecule has 0 rings (SSSR count). The van der Waals surface area contributed by atoms with Crippen molar-refractivity contribution in [2.45, 2.75) is 130 Å². The van der Waals surface area contributed by atoms with Gasteiger partial charge in [-0.3, -0.25) is 14.5 Å². The summed E-state index contributed by atoms with van der Waals surface area (Å²) in [6, 6.07) is 0.166. The first-order chi connectivity index (χ1) is 14.8. The lowest BCUT2D eigenvalue weighted by molar-refractivity contribution is -0.121. The SMILES string of the molecule is CCCCCCCC(=O)NCC(C)N(CC(C)O)C(C)CNC(=O)CCCCCCC. The zero-order valence-electron chi connectivity index (χ0n) is 21.0. The molecule has 184 valence electrons. The summed E-state index contributed by atoms with van der Waals surface area (Å²) in [5.41, 5.74) is 0. The van der Waals surface area contributed by atoms with Crippen LogP contribution >= 0.6 is 0 Å². The summed E-state index contributed by atoms with van der Waals surface area (Å²) in [7, 11) is 0. The smallest absolute Gasteiger partial charge is 0.220 e. The van der Waals surface area contributed by atoms with Crippen LogP contribution < -0.4 is 10.6 Å². The quantitative estimate of drug-likeness (QED) is 0.245. The maximum absolute atomic E-state index is 12.1. The van der Waals surface area contributed by atoms with E-state index in [1.54, 1.807) is 6.92 Å². The highest BCUT2D eigenvalue weighted by Crippen LogP contribution is 2.09. The van der Waals surface area contributed by atoms with E-state index in [-0.39, 0.29) is 23.9 Å². The van der Waals surface area contributed by atoms with Crippen LogP contribution in [0.5, 0.6) is 0 Å². The first kappa shape index (κ1) is 29.9. The van der Waals surface area contributed by atoms with Crippen molar-refractivity contribution in [2.75, 3.05) is 19.6 Å². The molecule has 0 fully saturated rings. The Morgan fingerprint density at radius 2 is 1.10 bits per heavy atom. The molecule has 3 N–H and O–H groups in total. The van der Waals surface area contributed by atoms with Crippen molar-refractivity contribution in [2.24, 2.45) is 0 Å². The monoisotopic (exact) mass is 441 g/mol. The molecule has 6 heteroatoms. The van der Waals surface area contributed by atoms with E-state index in [0.717, 1.165) is 25.7 Å². The summed E-state index contributed by atoms with van der Waals surface area (Å²) in [5.74, 6) is 0.203. The third kappa shape index (κ3) is 17.1. The molecule has 0 aliphatic rings. The predicted octanol–water partition coefficient (Wildman–Crippen LogP) is 4.40. The summed E-state index contributed by atoms with van der Waals surface area (Å²) in [6.45, 7) is 11.9. The summed E-state index contributed by atoms with van der Waals surface area (Å²) in [4.78, 5) is 26.5. The molecule has 3 atom stereocenters. The second-order valence-corrected chi connectivity index (χ2v) is 9.18. The molecule has 0 spiro atoms. The molecule has 0 aliphatic carbocycles. The number of rotatable bonds is 20. The molecule has 6 nitrogen and oxygen atoms in total. The Morgan fingerprint density at radius 1 is 0.710 bits per heavy atom. The number of nitrogens with one attached hydrogen (secondary N) is 2. The Hall–Kier alpha value is -1.14. The fraction of sp³-hybridized carbons (Fsp3) is 0.920. The zero-order chi connectivity index (χ0) is 23.5. The van der Waals surface area contributed by atoms with Gasteiger partial charge in [-0.05, 0) is 33.6 Å². The van der Waals surface area contributed by atoms with E-state index in [0.29, 0.717) is 32.5 Å². The number of nitrogens with zero attached hydrogens (tertiary/aromatic N) is 1. The molecular weight excluding hydrogens is 390 g/mol. The van der Waals surface area contributed by atoms with E-state index in [2.05, 4.69) is 43.2 Å². The normalized spacial score (nSPS) is 14.3. The van der Waals surface area contributed by atoms with Crippen LogP contribution in [0.4, 0.5) is 0 Å². The van der Waals surface area contributed by atoms with Gasteiger partial charge in [-0.25, -0.2) is 0 Å². The molecule has 2 amide bonds. The largest absolute Gasteiger partial charge is 0.392 e. The Morgan fingerprint density at radius 3 is 1.45 bits per heavy atom. The molecule has 0 aromatic rings. The summed E-state index contributed by atoms with van der Waals surface area (Å²) in [5, 5.41) is 16.0. The average molecular weight is 442 g/mol. The van der Waals surface area contributed by atoms with Crippen LogP contribution in [0.15, 0.2) is 0 Å². The van der Waals surface area contributed by atoms with Crippen LogP contribution in [0.25, 0.3) is 0 Å². The number of aliphatic hydroxyl groups excluding tert-OH is 1. The molecule has 0 radical (unpaired) electrons. The molecule has 3 unspecified atom stereocenters. The van der Waals surface area contributed by atoms with Crippen LogP contribution in [-0.4, -0.2) is 59.6 Å². The van der Waals surface area contributed by atoms with Gasteiger partial charge in [-0.2, -0.15) is 0 Å². The summed E-state index contributed by atoms with van der Waals surface area (Å²) >= 11 is 0. The minimum Gasteiger partial charge on any atom is -0.392 e. The van der Waals surface area contributed by atoms with Gasteiger partial charge in [-0.1, -0.05) is 65.2 Å². The lowest BCUT2D eigenvalue weighted by Gasteiger charge is -2.35. The Bertz CT molecular complexity index is 421. The molecule has 0 aromatic heterocycles. The second-order valence-electron chi connectivity index (χ2n) is 9.18. The van der Waals surface area contributed by atoms with Gasteiger partial charge >= 0.3 is 0 Å². The van der Waals surface area contributed by atoms with Crippen molar-refractivity contribution in [3.8, 4) is 0 Å². The van der Waals surface area contributed by atoms with Crippen LogP contribution in [0.1, 0.15) is 112 Å². The molecule has 0 aliphatic heterocycles. The van der Waals surface area contributed by atoms with Gasteiger partial charge in [-0.15, -0.1) is 0 Å². The second kappa shape index (κ2) is 19.5. The maximum atomic E-state index is 12.1. The zero-order valence-corrected chi connectivity index (χ0v) is 21.0. The van der Waals surface area contributed by atoms with Crippen molar-refractivity contribution in [1.29, 1.82) is 0 Å². The molecule has 31 heavy (non-hydrogen) atoms. The fourth-order valence-corrected chi connectivity index (χ4v) is 3.81. The van der Waals surface area contributed by atoms with E-state index in [1.807, 2.05) is 0 Å². The van der Waals surface area contributed by atoms with E-state index in [9.17, 15) is 14.7 Å². The van der Waals surface area contributed by atoms with Crippen molar-refractivity contribution in [1.82, 2.24) is 15.5 Å². The van der Waals surface area contributed by atoms with Gasteiger partial charge in [0.25, 0.3) is 0 Å². The van der Waals surface area contributed by atoms with Crippen molar-refractivity contribution >= 4 is 11.8 Å². The van der Waals surface area contributed by atoms with Gasteiger partial charge in [0, 0.05) is 44.6 Å². The minimum atomic E-state index is -0.464. The highest BCUT2D eigenvalue weighted by molar-refractivity contribution is 5.76. The first-order valence-electron chi connectivity index (χ1n) is 12.8. The van der Waals surface area contributed by atoms with E-state index < -0.39 is 6.10 Å². The summed E-state index contributed by atoms with van der Waals surface area (Å²) < 4.78 is 0. The number of hydrogen-bond donors (Lipinski definition) is 3. The first-order valence-corrected chi connectivity index (χ1v) is 12.8. The van der Waals surface area contributed by atoms with Crippen molar-refractivity contribution in [3.63, 3.8) is 0 Å². The highest BCUT2D eigenvalue weighted by atomic mass is 16.3. The van der Waals surface area contributed by atoms with Crippen molar-refractivity contribution < 1.29 is 14.7 Å². The van der Waals surface area contributed by atoms with E-state index in [1.165, 1.54) is 38.5 Å². The lowest BCUT2D eigenvalue weighted by atomic mass is 10.1. The average Bonchev–Trinajstić information content (AvgIpc) is 2.73. The molecule has 0 bridgehead atoms. The Kier molecular flexibility index (Phi) is 18.8. The fourth-order valence-electron chi connectivity index (χ4n) is 3.81. The number of aliphatic hydroxyl groups is 1. The summed E-state index contributed by atoms with van der Waals surface area (Å²) in [6.07, 6.45) is 12.1. The minimum absolute atomic E-state index is 0.0830. The van der Waals surface area contributed by atoms with Gasteiger partial charge in [0.1, 0.15) is 0 Å². The van der Waals surface area contributed by atoms with Gasteiger partial charge in [0.2, 0.25) is 11.8 Å². The Balaban J connectivity index is 4.33. The third-order valence-corrected chi connectivity index (χ3v) is 5.81. The van der Waals surface area contributed by atoms with Crippen LogP contribution in [0.3, 0.4) is 0 Å². The number of amides is 2. The van der Waals surface area contributed by atoms with Crippen LogP contribution in [-0.2, 0) is 9.59 Å². The van der Waals surface area contributed by atoms with Gasteiger partial charge < -0.3 is 15.7 Å². The standard InChI is InChI=1S/C25H51N3O3/c1-6-8-10-12-14-16-24(30)26-18-21(3)28(20-23(5)29)22(4)19-27-25(31)17-15-13-11-9-7-2/h21-23,29H,6-20H2,1-5H3,(H,26,30)(H,27,31). The predicted molar refractivity (Wildman–Crippen MR) is 130 cm³/mol. The number of hydrogen-bond acceptors (Lipinski definition) is 4.